The van der Waals surface area contributed by atoms with E-state index in [2.05, 4.69) is 0 Å². The molecule has 0 bridgehead atoms. The number of carboxylic acid groups (broad SMARTS) is 1. The van der Waals surface area contributed by atoms with E-state index in [9.17, 15) is 9.90 Å². The topological polar surface area (TPSA) is 60.8 Å². The first-order valence-electron chi connectivity index (χ1n) is 5.28. The first kappa shape index (κ1) is 10.8. The quantitative estimate of drug-likeness (QED) is 0.797. The van der Waals surface area contributed by atoms with E-state index in [1.54, 1.807) is 19.1 Å². The van der Waals surface area contributed by atoms with Crippen molar-refractivity contribution >= 4 is 11.7 Å². The number of aromatic hydroxyl groups is 1. The van der Waals surface area contributed by atoms with Crippen LogP contribution >= 0.6 is 0 Å². The van der Waals surface area contributed by atoms with Crippen molar-refractivity contribution in [3.63, 3.8) is 0 Å². The van der Waals surface area contributed by atoms with Gasteiger partial charge in [0.05, 0.1) is 5.92 Å². The molecule has 0 radical (unpaired) electrons. The molecule has 0 fully saturated rings. The Bertz CT molecular complexity index is 430. The third-order valence-electron chi connectivity index (χ3n) is 3.31. The molecule has 4 nitrogen and oxygen atoms in total. The van der Waals surface area contributed by atoms with E-state index in [1.165, 1.54) is 0 Å². The number of anilines is 1. The summed E-state index contributed by atoms with van der Waals surface area (Å²) in [7, 11) is 1.91. The van der Waals surface area contributed by atoms with Crippen molar-refractivity contribution in [2.75, 3.05) is 18.5 Å². The summed E-state index contributed by atoms with van der Waals surface area (Å²) in [6.45, 7) is 2.32. The van der Waals surface area contributed by atoms with Crippen molar-refractivity contribution in [2.24, 2.45) is 5.92 Å². The van der Waals surface area contributed by atoms with Gasteiger partial charge in [0.2, 0.25) is 0 Å². The maximum Gasteiger partial charge on any atom is 0.306 e. The number of carbonyl (C=O) groups is 1. The molecule has 2 unspecified atom stereocenters. The summed E-state index contributed by atoms with van der Waals surface area (Å²) >= 11 is 0. The summed E-state index contributed by atoms with van der Waals surface area (Å²) in [5.41, 5.74) is 1.69. The third-order valence-corrected chi connectivity index (χ3v) is 3.31. The fourth-order valence-corrected chi connectivity index (χ4v) is 2.32. The monoisotopic (exact) mass is 221 g/mol. The fourth-order valence-electron chi connectivity index (χ4n) is 2.32. The lowest BCUT2D eigenvalue weighted by atomic mass is 9.88. The zero-order valence-electron chi connectivity index (χ0n) is 9.34. The number of nitrogens with zero attached hydrogens (tertiary/aromatic N) is 1. The standard InChI is InChI=1S/C12H15NO3/c1-7(12(15)16)8-6-13(2)9-4-3-5-10(14)11(8)9/h3-5,7-8,14H,6H2,1-2H3,(H,15,16). The van der Waals surface area contributed by atoms with Crippen LogP contribution in [0.5, 0.6) is 5.75 Å². The number of hydrogen-bond acceptors (Lipinski definition) is 3. The van der Waals surface area contributed by atoms with E-state index >= 15 is 0 Å². The molecular weight excluding hydrogens is 206 g/mol. The van der Waals surface area contributed by atoms with Crippen molar-refractivity contribution in [3.05, 3.63) is 23.8 Å². The Kier molecular flexibility index (Phi) is 2.50. The van der Waals surface area contributed by atoms with Crippen LogP contribution in [-0.2, 0) is 4.79 Å². The van der Waals surface area contributed by atoms with Crippen LogP contribution in [0.25, 0.3) is 0 Å². The average Bonchev–Trinajstić information content (AvgIpc) is 2.57. The molecule has 0 aromatic heterocycles. The van der Waals surface area contributed by atoms with Gasteiger partial charge in [0.1, 0.15) is 5.75 Å². The summed E-state index contributed by atoms with van der Waals surface area (Å²) in [6.07, 6.45) is 0. The number of likely N-dealkylation sites (N-methyl/N-ethyl adjacent to an activating group) is 1. The number of hydrogen-bond donors (Lipinski definition) is 2. The van der Waals surface area contributed by atoms with Gasteiger partial charge < -0.3 is 15.1 Å². The Hall–Kier alpha value is -1.71. The lowest BCUT2D eigenvalue weighted by Gasteiger charge is -2.16. The molecule has 0 saturated heterocycles. The first-order chi connectivity index (χ1) is 7.52. The predicted octanol–water partition coefficient (Wildman–Crippen LogP) is 1.65. The van der Waals surface area contributed by atoms with Crippen molar-refractivity contribution in [1.82, 2.24) is 0 Å². The van der Waals surface area contributed by atoms with Crippen LogP contribution in [0.1, 0.15) is 18.4 Å². The Morgan fingerprint density at radius 2 is 2.25 bits per heavy atom. The molecule has 0 saturated carbocycles. The number of phenolic OH excluding ortho intramolecular Hbond substituents is 1. The minimum absolute atomic E-state index is 0.140. The number of rotatable bonds is 2. The molecule has 0 amide bonds. The average molecular weight is 221 g/mol. The first-order valence-corrected chi connectivity index (χ1v) is 5.28. The normalized spacial score (nSPS) is 20.6. The molecule has 4 heteroatoms. The maximum absolute atomic E-state index is 11.0. The van der Waals surface area contributed by atoms with Gasteiger partial charge in [0.15, 0.2) is 0 Å². The fraction of sp³-hybridized carbons (Fsp3) is 0.417. The highest BCUT2D eigenvalue weighted by Crippen LogP contribution is 2.44. The minimum Gasteiger partial charge on any atom is -0.508 e. The Balaban J connectivity index is 2.46. The van der Waals surface area contributed by atoms with Gasteiger partial charge in [-0.3, -0.25) is 4.79 Å². The highest BCUT2D eigenvalue weighted by Gasteiger charge is 2.35. The predicted molar refractivity (Wildman–Crippen MR) is 60.9 cm³/mol. The van der Waals surface area contributed by atoms with Gasteiger partial charge >= 0.3 is 5.97 Å². The summed E-state index contributed by atoms with van der Waals surface area (Å²) in [5, 5.41) is 18.9. The van der Waals surface area contributed by atoms with Crippen LogP contribution in [0, 0.1) is 5.92 Å². The van der Waals surface area contributed by atoms with Crippen molar-refractivity contribution in [2.45, 2.75) is 12.8 Å². The largest absolute Gasteiger partial charge is 0.508 e. The van der Waals surface area contributed by atoms with Crippen LogP contribution in [0.15, 0.2) is 18.2 Å². The Labute approximate surface area is 94.1 Å². The lowest BCUT2D eigenvalue weighted by molar-refractivity contribution is -0.141. The molecule has 16 heavy (non-hydrogen) atoms. The van der Waals surface area contributed by atoms with E-state index in [1.807, 2.05) is 18.0 Å². The molecule has 1 aliphatic rings. The summed E-state index contributed by atoms with van der Waals surface area (Å²) in [5.74, 6) is -1.26. The van der Waals surface area contributed by atoms with Gasteiger partial charge in [-0.05, 0) is 12.1 Å². The van der Waals surface area contributed by atoms with Crippen LogP contribution < -0.4 is 4.90 Å². The molecule has 0 aliphatic carbocycles. The number of benzene rings is 1. The third kappa shape index (κ3) is 1.50. The van der Waals surface area contributed by atoms with E-state index in [-0.39, 0.29) is 11.7 Å². The van der Waals surface area contributed by atoms with Gasteiger partial charge in [0, 0.05) is 30.8 Å². The maximum atomic E-state index is 11.0. The molecule has 2 atom stereocenters. The zero-order valence-corrected chi connectivity index (χ0v) is 9.34. The van der Waals surface area contributed by atoms with Gasteiger partial charge in [0.25, 0.3) is 0 Å². The van der Waals surface area contributed by atoms with Gasteiger partial charge in [-0.2, -0.15) is 0 Å². The Morgan fingerprint density at radius 3 is 2.88 bits per heavy atom. The number of carboxylic acids is 1. The van der Waals surface area contributed by atoms with Crippen LogP contribution in [0.4, 0.5) is 5.69 Å². The molecule has 1 aromatic rings. The van der Waals surface area contributed by atoms with Gasteiger partial charge in [-0.25, -0.2) is 0 Å². The van der Waals surface area contributed by atoms with E-state index in [0.717, 1.165) is 11.3 Å². The summed E-state index contributed by atoms with van der Waals surface area (Å²) < 4.78 is 0. The highest BCUT2D eigenvalue weighted by molar-refractivity contribution is 5.74. The van der Waals surface area contributed by atoms with E-state index in [0.29, 0.717) is 6.54 Å². The van der Waals surface area contributed by atoms with Crippen molar-refractivity contribution in [3.8, 4) is 5.75 Å². The second-order valence-corrected chi connectivity index (χ2v) is 4.32. The van der Waals surface area contributed by atoms with Gasteiger partial charge in [-0.15, -0.1) is 0 Å². The van der Waals surface area contributed by atoms with Crippen molar-refractivity contribution < 1.29 is 15.0 Å². The molecule has 86 valence electrons. The molecule has 2 N–H and O–H groups in total. The van der Waals surface area contributed by atoms with E-state index < -0.39 is 11.9 Å². The molecule has 0 spiro atoms. The summed E-state index contributed by atoms with van der Waals surface area (Å²) in [4.78, 5) is 13.0. The Morgan fingerprint density at radius 1 is 1.56 bits per heavy atom. The second-order valence-electron chi connectivity index (χ2n) is 4.32. The van der Waals surface area contributed by atoms with Crippen molar-refractivity contribution in [1.29, 1.82) is 0 Å². The smallest absolute Gasteiger partial charge is 0.306 e. The highest BCUT2D eigenvalue weighted by atomic mass is 16.4. The van der Waals surface area contributed by atoms with E-state index in [4.69, 9.17) is 5.11 Å². The molecule has 1 heterocycles. The molecule has 1 aliphatic heterocycles. The van der Waals surface area contributed by atoms with Crippen LogP contribution in [0.3, 0.4) is 0 Å². The molecule has 2 rings (SSSR count). The number of phenols is 1. The SMILES string of the molecule is CC(C(=O)O)C1CN(C)c2cccc(O)c21. The minimum atomic E-state index is -0.825. The molecule has 1 aromatic carbocycles. The number of aliphatic carboxylic acids is 1. The van der Waals surface area contributed by atoms with Crippen LogP contribution in [0.2, 0.25) is 0 Å². The number of fused-ring (bicyclic) bond motifs is 1. The second kappa shape index (κ2) is 3.70. The molecular formula is C12H15NO3. The van der Waals surface area contributed by atoms with Gasteiger partial charge in [-0.1, -0.05) is 13.0 Å². The lowest BCUT2D eigenvalue weighted by Crippen LogP contribution is -2.23. The zero-order chi connectivity index (χ0) is 11.9. The summed E-state index contributed by atoms with van der Waals surface area (Å²) in [6, 6.07) is 5.29. The van der Waals surface area contributed by atoms with Crippen LogP contribution in [-0.4, -0.2) is 29.8 Å².